The highest BCUT2D eigenvalue weighted by molar-refractivity contribution is 5.93. The molecule has 2 atom stereocenters. The van der Waals surface area contributed by atoms with E-state index in [-0.39, 0.29) is 50.5 Å². The van der Waals surface area contributed by atoms with Gasteiger partial charge in [0.15, 0.2) is 0 Å². The number of aliphatic hydroxyl groups is 4. The summed E-state index contributed by atoms with van der Waals surface area (Å²) in [6.45, 7) is 0.277. The van der Waals surface area contributed by atoms with E-state index in [9.17, 15) is 30.0 Å². The molecule has 0 spiro atoms. The molecule has 2 aliphatic carbocycles. The number of carbonyl (C=O) groups excluding carboxylic acids is 2. The first-order valence-corrected chi connectivity index (χ1v) is 14.4. The van der Waals surface area contributed by atoms with Gasteiger partial charge in [0, 0.05) is 39.3 Å². The summed E-state index contributed by atoms with van der Waals surface area (Å²) >= 11 is 0. The van der Waals surface area contributed by atoms with Crippen molar-refractivity contribution in [3.05, 3.63) is 35.4 Å². The fourth-order valence-corrected chi connectivity index (χ4v) is 6.25. The van der Waals surface area contributed by atoms with Crippen molar-refractivity contribution in [2.75, 3.05) is 26.4 Å². The number of carbonyl (C=O) groups is 2. The van der Waals surface area contributed by atoms with Gasteiger partial charge < -0.3 is 29.9 Å². The van der Waals surface area contributed by atoms with Crippen LogP contribution < -0.4 is 0 Å². The fraction of sp³-hybridized carbons (Fsp3) is 0.733. The summed E-state index contributed by atoms with van der Waals surface area (Å²) in [5.74, 6) is 0.451. The molecule has 1 aromatic rings. The minimum Gasteiger partial charge on any atom is -0.458 e. The Kier molecular flexibility index (Phi) is 13.0. The van der Waals surface area contributed by atoms with E-state index in [0.717, 1.165) is 64.2 Å². The van der Waals surface area contributed by atoms with Crippen LogP contribution in [0.1, 0.15) is 97.8 Å². The molecular formula is C30H46O8. The van der Waals surface area contributed by atoms with Crippen LogP contribution in [0.5, 0.6) is 0 Å². The molecule has 214 valence electrons. The molecule has 38 heavy (non-hydrogen) atoms. The van der Waals surface area contributed by atoms with E-state index < -0.39 is 11.9 Å². The van der Waals surface area contributed by atoms with Crippen LogP contribution in [0.2, 0.25) is 0 Å². The van der Waals surface area contributed by atoms with Gasteiger partial charge in [-0.05, 0) is 112 Å². The molecule has 8 nitrogen and oxygen atoms in total. The lowest BCUT2D eigenvalue weighted by atomic mass is 9.77. The van der Waals surface area contributed by atoms with Gasteiger partial charge in [-0.25, -0.2) is 9.59 Å². The number of hydrogen-bond donors (Lipinski definition) is 4. The monoisotopic (exact) mass is 534 g/mol. The molecule has 2 saturated carbocycles. The van der Waals surface area contributed by atoms with Crippen LogP contribution in [0.3, 0.4) is 0 Å². The summed E-state index contributed by atoms with van der Waals surface area (Å²) in [4.78, 5) is 25.7. The van der Waals surface area contributed by atoms with Crippen molar-refractivity contribution in [2.24, 2.45) is 23.7 Å². The number of benzene rings is 1. The normalized spacial score (nSPS) is 25.4. The fourth-order valence-electron chi connectivity index (χ4n) is 6.25. The largest absolute Gasteiger partial charge is 0.458 e. The highest BCUT2D eigenvalue weighted by Crippen LogP contribution is 2.36. The Morgan fingerprint density at radius 3 is 1.24 bits per heavy atom. The van der Waals surface area contributed by atoms with Crippen LogP contribution in [0.15, 0.2) is 24.3 Å². The van der Waals surface area contributed by atoms with Gasteiger partial charge in [0.2, 0.25) is 0 Å². The van der Waals surface area contributed by atoms with Crippen molar-refractivity contribution in [3.8, 4) is 0 Å². The molecule has 0 aromatic heterocycles. The summed E-state index contributed by atoms with van der Waals surface area (Å²) < 4.78 is 11.6. The Hall–Kier alpha value is -2.00. The van der Waals surface area contributed by atoms with Crippen LogP contribution in [0.25, 0.3) is 0 Å². The third-order valence-corrected chi connectivity index (χ3v) is 8.61. The van der Waals surface area contributed by atoms with Gasteiger partial charge in [0.25, 0.3) is 0 Å². The summed E-state index contributed by atoms with van der Waals surface area (Å²) in [6, 6.07) is 6.25. The van der Waals surface area contributed by atoms with E-state index in [2.05, 4.69) is 0 Å². The lowest BCUT2D eigenvalue weighted by Crippen LogP contribution is -2.32. The van der Waals surface area contributed by atoms with Crippen molar-refractivity contribution >= 4 is 11.9 Å². The number of aliphatic hydroxyl groups excluding tert-OH is 4. The van der Waals surface area contributed by atoms with E-state index in [1.807, 2.05) is 0 Å². The Morgan fingerprint density at radius 1 is 0.605 bits per heavy atom. The Morgan fingerprint density at radius 2 is 0.947 bits per heavy atom. The summed E-state index contributed by atoms with van der Waals surface area (Å²) in [5, 5.41) is 37.4. The predicted octanol–water partition coefficient (Wildman–Crippen LogP) is 3.88. The first-order valence-electron chi connectivity index (χ1n) is 14.4. The summed E-state index contributed by atoms with van der Waals surface area (Å²) in [5.41, 5.74) is 0.681. The van der Waals surface area contributed by atoms with Crippen molar-refractivity contribution in [1.82, 2.24) is 0 Å². The molecule has 8 heteroatoms. The van der Waals surface area contributed by atoms with Crippen molar-refractivity contribution in [2.45, 2.75) is 89.3 Å². The first-order chi connectivity index (χ1) is 18.5. The molecule has 2 aliphatic rings. The second-order valence-electron chi connectivity index (χ2n) is 11.1. The molecule has 2 unspecified atom stereocenters. The molecule has 0 saturated heterocycles. The van der Waals surface area contributed by atoms with Crippen molar-refractivity contribution in [3.63, 3.8) is 0 Å². The lowest BCUT2D eigenvalue weighted by molar-refractivity contribution is -0.00532. The number of esters is 2. The Bertz CT molecular complexity index is 756. The summed E-state index contributed by atoms with van der Waals surface area (Å²) in [7, 11) is 0. The zero-order valence-electron chi connectivity index (χ0n) is 22.5. The van der Waals surface area contributed by atoms with E-state index in [0.29, 0.717) is 35.8 Å². The third kappa shape index (κ3) is 9.04. The van der Waals surface area contributed by atoms with Gasteiger partial charge in [-0.2, -0.15) is 0 Å². The number of hydrogen-bond acceptors (Lipinski definition) is 8. The third-order valence-electron chi connectivity index (χ3n) is 8.61. The molecular weight excluding hydrogens is 488 g/mol. The molecule has 4 N–H and O–H groups in total. The molecule has 0 aliphatic heterocycles. The molecule has 0 heterocycles. The zero-order valence-corrected chi connectivity index (χ0v) is 22.5. The maximum Gasteiger partial charge on any atom is 0.338 e. The van der Waals surface area contributed by atoms with Gasteiger partial charge >= 0.3 is 11.9 Å². The highest BCUT2D eigenvalue weighted by Gasteiger charge is 2.31. The molecule has 0 bridgehead atoms. The summed E-state index contributed by atoms with van der Waals surface area (Å²) in [6.07, 6.45) is 9.25. The molecule has 1 aromatic carbocycles. The van der Waals surface area contributed by atoms with Gasteiger partial charge in [-0.15, -0.1) is 0 Å². The Balaban J connectivity index is 1.54. The van der Waals surface area contributed by atoms with Crippen molar-refractivity contribution in [1.29, 1.82) is 0 Å². The standard InChI is InChI=1S/C30H46O8/c31-17-13-21-1-5-23(6-2-21)27(15-19-33)37-29(35)25-9-11-26(12-10-25)30(36)38-28(16-20-34)24-7-3-22(4-8-24)14-18-32/h9-12,21-24,27-28,31-34H,1-8,13-20H2. The number of ether oxygens (including phenoxy) is 2. The maximum atomic E-state index is 12.9. The molecule has 2 fully saturated rings. The highest BCUT2D eigenvalue weighted by atomic mass is 16.5. The maximum absolute atomic E-state index is 12.9. The molecule has 3 rings (SSSR count). The van der Waals surface area contributed by atoms with Gasteiger partial charge in [0.05, 0.1) is 11.1 Å². The van der Waals surface area contributed by atoms with Gasteiger partial charge in [0.1, 0.15) is 12.2 Å². The second-order valence-corrected chi connectivity index (χ2v) is 11.1. The Labute approximate surface area is 226 Å². The topological polar surface area (TPSA) is 134 Å². The second kappa shape index (κ2) is 16.2. The number of rotatable bonds is 14. The molecule has 0 radical (unpaired) electrons. The van der Waals surface area contributed by atoms with E-state index in [1.54, 1.807) is 24.3 Å². The van der Waals surface area contributed by atoms with Crippen LogP contribution in [0, 0.1) is 23.7 Å². The lowest BCUT2D eigenvalue weighted by Gasteiger charge is -2.33. The van der Waals surface area contributed by atoms with E-state index in [1.165, 1.54) is 0 Å². The average molecular weight is 535 g/mol. The van der Waals surface area contributed by atoms with Crippen LogP contribution >= 0.6 is 0 Å². The van der Waals surface area contributed by atoms with Gasteiger partial charge in [-0.1, -0.05) is 0 Å². The van der Waals surface area contributed by atoms with E-state index in [4.69, 9.17) is 9.47 Å². The SMILES string of the molecule is O=C(OC(CCO)C1CCC(CCO)CC1)c1ccc(C(=O)OC(CCO)C2CCC(CCO)CC2)cc1. The van der Waals surface area contributed by atoms with Crippen LogP contribution in [0.4, 0.5) is 0 Å². The average Bonchev–Trinajstić information content (AvgIpc) is 2.94. The minimum atomic E-state index is -0.473. The van der Waals surface area contributed by atoms with Gasteiger partial charge in [-0.3, -0.25) is 0 Å². The first kappa shape index (κ1) is 30.5. The molecule has 0 amide bonds. The minimum absolute atomic E-state index is 0.0581. The zero-order chi connectivity index (χ0) is 27.3. The quantitative estimate of drug-likeness (QED) is 0.264. The predicted molar refractivity (Wildman–Crippen MR) is 143 cm³/mol. The van der Waals surface area contributed by atoms with Crippen molar-refractivity contribution < 1.29 is 39.5 Å². The smallest absolute Gasteiger partial charge is 0.338 e. The van der Waals surface area contributed by atoms with Crippen LogP contribution in [-0.4, -0.2) is 71.0 Å². The van der Waals surface area contributed by atoms with E-state index >= 15 is 0 Å². The van der Waals surface area contributed by atoms with Crippen LogP contribution in [-0.2, 0) is 9.47 Å².